The Hall–Kier alpha value is -2.37. The molecule has 0 saturated carbocycles. The molecule has 0 saturated heterocycles. The maximum Gasteiger partial charge on any atom is 0.306 e. The van der Waals surface area contributed by atoms with Gasteiger partial charge in [0.25, 0.3) is 0 Å². The van der Waals surface area contributed by atoms with Crippen LogP contribution in [-0.2, 0) is 28.6 Å². The van der Waals surface area contributed by atoms with E-state index in [1.807, 2.05) is 0 Å². The first-order valence-electron chi connectivity index (χ1n) is 31.5. The van der Waals surface area contributed by atoms with Crippen molar-refractivity contribution in [1.82, 2.24) is 0 Å². The summed E-state index contributed by atoms with van der Waals surface area (Å²) in [4.78, 5) is 38.0. The van der Waals surface area contributed by atoms with Crippen LogP contribution in [0.4, 0.5) is 0 Å². The van der Waals surface area contributed by atoms with Gasteiger partial charge in [0, 0.05) is 19.3 Å². The molecule has 0 aliphatic carbocycles. The van der Waals surface area contributed by atoms with Crippen molar-refractivity contribution >= 4 is 17.9 Å². The Bertz CT molecular complexity index is 1190. The van der Waals surface area contributed by atoms with E-state index < -0.39 is 6.10 Å². The average Bonchev–Trinajstić information content (AvgIpc) is 3.37. The van der Waals surface area contributed by atoms with E-state index in [2.05, 4.69) is 57.2 Å². The van der Waals surface area contributed by atoms with E-state index in [4.69, 9.17) is 14.2 Å². The lowest BCUT2D eigenvalue weighted by Gasteiger charge is -2.18. The molecule has 6 heteroatoms. The highest BCUT2D eigenvalue weighted by Crippen LogP contribution is 2.17. The number of carbonyl (C=O) groups excluding carboxylic acids is 3. The van der Waals surface area contributed by atoms with Gasteiger partial charge >= 0.3 is 17.9 Å². The summed E-state index contributed by atoms with van der Waals surface area (Å²) in [6.45, 7) is 6.62. The van der Waals surface area contributed by atoms with E-state index in [1.165, 1.54) is 231 Å². The molecule has 1 atom stereocenters. The zero-order valence-electron chi connectivity index (χ0n) is 47.8. The molecular formula is C65H120O6. The van der Waals surface area contributed by atoms with E-state index in [0.717, 1.165) is 70.6 Å². The second-order valence-electron chi connectivity index (χ2n) is 21.3. The number of hydrogen-bond acceptors (Lipinski definition) is 6. The number of unbranched alkanes of at least 4 members (excludes halogenated alkanes) is 41. The highest BCUT2D eigenvalue weighted by molar-refractivity contribution is 5.71. The number of hydrogen-bond donors (Lipinski definition) is 0. The van der Waals surface area contributed by atoms with Crippen LogP contribution in [0.2, 0.25) is 0 Å². The molecule has 0 spiro atoms. The Morgan fingerprint density at radius 1 is 0.282 bits per heavy atom. The van der Waals surface area contributed by atoms with Gasteiger partial charge in [-0.05, 0) is 77.0 Å². The first kappa shape index (κ1) is 68.6. The van der Waals surface area contributed by atoms with Crippen LogP contribution < -0.4 is 0 Å². The van der Waals surface area contributed by atoms with Crippen LogP contribution in [0.5, 0.6) is 0 Å². The Labute approximate surface area is 442 Å². The van der Waals surface area contributed by atoms with Gasteiger partial charge in [-0.2, -0.15) is 0 Å². The summed E-state index contributed by atoms with van der Waals surface area (Å²) in [7, 11) is 0. The first-order valence-corrected chi connectivity index (χ1v) is 31.5. The average molecular weight is 998 g/mol. The normalized spacial score (nSPS) is 12.2. The van der Waals surface area contributed by atoms with Crippen LogP contribution in [0, 0.1) is 0 Å². The molecule has 71 heavy (non-hydrogen) atoms. The van der Waals surface area contributed by atoms with Crippen LogP contribution in [0.1, 0.15) is 342 Å². The molecule has 0 rings (SSSR count). The van der Waals surface area contributed by atoms with Crippen molar-refractivity contribution in [3.63, 3.8) is 0 Å². The summed E-state index contributed by atoms with van der Waals surface area (Å²) in [5.41, 5.74) is 0. The fourth-order valence-electron chi connectivity index (χ4n) is 9.35. The molecule has 0 aromatic rings. The molecule has 0 amide bonds. The highest BCUT2D eigenvalue weighted by Gasteiger charge is 2.19. The van der Waals surface area contributed by atoms with Gasteiger partial charge in [0.15, 0.2) is 6.10 Å². The molecular weight excluding hydrogens is 877 g/mol. The highest BCUT2D eigenvalue weighted by atomic mass is 16.6. The summed E-state index contributed by atoms with van der Waals surface area (Å²) in [5, 5.41) is 0. The van der Waals surface area contributed by atoms with E-state index in [1.54, 1.807) is 0 Å². The van der Waals surface area contributed by atoms with Crippen molar-refractivity contribution in [2.75, 3.05) is 13.2 Å². The molecule has 0 aromatic carbocycles. The fourth-order valence-corrected chi connectivity index (χ4v) is 9.35. The second-order valence-corrected chi connectivity index (χ2v) is 21.3. The molecule has 416 valence electrons. The van der Waals surface area contributed by atoms with E-state index in [9.17, 15) is 14.4 Å². The predicted molar refractivity (Wildman–Crippen MR) is 307 cm³/mol. The van der Waals surface area contributed by atoms with Crippen molar-refractivity contribution in [2.24, 2.45) is 0 Å². The van der Waals surface area contributed by atoms with E-state index in [0.29, 0.717) is 19.3 Å². The topological polar surface area (TPSA) is 78.9 Å². The number of rotatable bonds is 58. The molecule has 0 heterocycles. The van der Waals surface area contributed by atoms with E-state index in [-0.39, 0.29) is 31.1 Å². The summed E-state index contributed by atoms with van der Waals surface area (Å²) in [6.07, 6.45) is 73.3. The molecule has 0 N–H and O–H groups in total. The standard InChI is InChI=1S/C65H120O6/c1-4-7-10-13-16-18-20-22-24-25-26-27-28-29-30-31-32-33-34-35-36-37-38-39-41-42-44-46-49-52-55-58-64(67)70-61-62(60-69-63(66)57-54-51-48-15-12-9-6-3)71-65(68)59-56-53-50-47-45-43-40-23-21-19-17-14-11-8-5-2/h20,22-23,25-26,40,62H,4-19,21,24,27-39,41-61H2,1-3H3/b22-20-,26-25-,40-23-. The molecule has 0 aliphatic heterocycles. The van der Waals surface area contributed by atoms with Gasteiger partial charge in [0.05, 0.1) is 0 Å². The van der Waals surface area contributed by atoms with Gasteiger partial charge in [-0.1, -0.05) is 282 Å². The predicted octanol–water partition coefficient (Wildman–Crippen LogP) is 21.2. The smallest absolute Gasteiger partial charge is 0.306 e. The lowest BCUT2D eigenvalue weighted by molar-refractivity contribution is -0.167. The minimum Gasteiger partial charge on any atom is -0.462 e. The van der Waals surface area contributed by atoms with Gasteiger partial charge in [-0.3, -0.25) is 14.4 Å². The minimum absolute atomic E-state index is 0.0710. The summed E-state index contributed by atoms with van der Waals surface area (Å²) in [6, 6.07) is 0. The van der Waals surface area contributed by atoms with Gasteiger partial charge in [0.2, 0.25) is 0 Å². The Morgan fingerprint density at radius 3 is 0.789 bits per heavy atom. The Kier molecular flexibility index (Phi) is 58.2. The maximum atomic E-state index is 12.8. The Morgan fingerprint density at radius 2 is 0.507 bits per heavy atom. The number of carbonyl (C=O) groups is 3. The monoisotopic (exact) mass is 997 g/mol. The van der Waals surface area contributed by atoms with Crippen molar-refractivity contribution in [3.05, 3.63) is 36.5 Å². The lowest BCUT2D eigenvalue weighted by Crippen LogP contribution is -2.30. The zero-order valence-corrected chi connectivity index (χ0v) is 47.8. The van der Waals surface area contributed by atoms with Crippen molar-refractivity contribution < 1.29 is 28.6 Å². The molecule has 1 unspecified atom stereocenters. The molecule has 6 nitrogen and oxygen atoms in total. The Balaban J connectivity index is 3.99. The fraction of sp³-hybridized carbons (Fsp3) is 0.862. The van der Waals surface area contributed by atoms with Gasteiger partial charge in [0.1, 0.15) is 13.2 Å². The second kappa shape index (κ2) is 60.2. The van der Waals surface area contributed by atoms with Gasteiger partial charge in [-0.25, -0.2) is 0 Å². The minimum atomic E-state index is -0.770. The van der Waals surface area contributed by atoms with Crippen LogP contribution in [-0.4, -0.2) is 37.2 Å². The summed E-state index contributed by atoms with van der Waals surface area (Å²) >= 11 is 0. The van der Waals surface area contributed by atoms with Crippen LogP contribution in [0.3, 0.4) is 0 Å². The molecule has 0 radical (unpaired) electrons. The SMILES string of the molecule is CCCCCCC/C=C\C/C=C\CCCCCCCCCCCCCCCCCCCCCC(=O)OCC(COC(=O)CCCCCCCCC)OC(=O)CCCCCCC/C=C\CCCCCCCC. The summed E-state index contributed by atoms with van der Waals surface area (Å²) < 4.78 is 16.8. The zero-order chi connectivity index (χ0) is 51.4. The van der Waals surface area contributed by atoms with Crippen LogP contribution in [0.15, 0.2) is 36.5 Å². The van der Waals surface area contributed by atoms with Gasteiger partial charge < -0.3 is 14.2 Å². The first-order chi connectivity index (χ1) is 35.0. The quantitative estimate of drug-likeness (QED) is 0.0261. The number of ether oxygens (including phenoxy) is 3. The van der Waals surface area contributed by atoms with Crippen LogP contribution in [0.25, 0.3) is 0 Å². The lowest BCUT2D eigenvalue weighted by atomic mass is 10.0. The third-order valence-corrected chi connectivity index (χ3v) is 14.1. The van der Waals surface area contributed by atoms with Crippen molar-refractivity contribution in [3.8, 4) is 0 Å². The summed E-state index contributed by atoms with van der Waals surface area (Å²) in [5.74, 6) is -0.868. The van der Waals surface area contributed by atoms with Gasteiger partial charge in [-0.15, -0.1) is 0 Å². The van der Waals surface area contributed by atoms with E-state index >= 15 is 0 Å². The largest absolute Gasteiger partial charge is 0.462 e. The number of esters is 3. The molecule has 0 aliphatic rings. The molecule has 0 bridgehead atoms. The molecule has 0 aromatic heterocycles. The number of allylic oxidation sites excluding steroid dienone is 6. The van der Waals surface area contributed by atoms with Crippen LogP contribution >= 0.6 is 0 Å². The third kappa shape index (κ3) is 58.4. The van der Waals surface area contributed by atoms with Crippen molar-refractivity contribution in [1.29, 1.82) is 0 Å². The van der Waals surface area contributed by atoms with Crippen molar-refractivity contribution in [2.45, 2.75) is 348 Å². The third-order valence-electron chi connectivity index (χ3n) is 14.1. The molecule has 0 fully saturated rings. The maximum absolute atomic E-state index is 12.8.